The van der Waals surface area contributed by atoms with Crippen LogP contribution in [0.4, 0.5) is 0 Å². The van der Waals surface area contributed by atoms with Crippen molar-refractivity contribution in [2.24, 2.45) is 17.5 Å². The number of nitrogens with zero attached hydrogens (tertiary/aromatic N) is 4. The second-order valence-electron chi connectivity index (χ2n) is 9.34. The van der Waals surface area contributed by atoms with Crippen molar-refractivity contribution in [2.45, 2.75) is 71.5 Å². The molecule has 1 aliphatic heterocycles. The molecule has 4 rings (SSSR count). The van der Waals surface area contributed by atoms with E-state index in [2.05, 4.69) is 46.8 Å². The van der Waals surface area contributed by atoms with Crippen LogP contribution in [0.5, 0.6) is 5.75 Å². The van der Waals surface area contributed by atoms with E-state index in [-0.39, 0.29) is 30.0 Å². The lowest BCUT2D eigenvalue weighted by Gasteiger charge is -2.36. The maximum absolute atomic E-state index is 5.83. The first-order chi connectivity index (χ1) is 14.4. The summed E-state index contributed by atoms with van der Waals surface area (Å²) in [6, 6.07) is 8.90. The van der Waals surface area contributed by atoms with Crippen LogP contribution < -0.4 is 15.4 Å². The molecule has 1 saturated carbocycles. The van der Waals surface area contributed by atoms with Gasteiger partial charge < -0.3 is 19.9 Å². The second kappa shape index (κ2) is 10.2. The van der Waals surface area contributed by atoms with Gasteiger partial charge in [-0.1, -0.05) is 32.0 Å². The van der Waals surface area contributed by atoms with Gasteiger partial charge in [0.25, 0.3) is 0 Å². The minimum absolute atomic E-state index is 0. The van der Waals surface area contributed by atoms with E-state index >= 15 is 0 Å². The second-order valence-corrected chi connectivity index (χ2v) is 9.34. The van der Waals surface area contributed by atoms with Crippen molar-refractivity contribution in [2.75, 3.05) is 6.61 Å². The van der Waals surface area contributed by atoms with Crippen molar-refractivity contribution in [1.82, 2.24) is 25.4 Å². The van der Waals surface area contributed by atoms with Crippen LogP contribution in [0.2, 0.25) is 0 Å². The van der Waals surface area contributed by atoms with E-state index in [9.17, 15) is 0 Å². The van der Waals surface area contributed by atoms with Gasteiger partial charge in [0.15, 0.2) is 11.8 Å². The molecule has 1 aromatic carbocycles. The molecule has 2 aliphatic rings. The fourth-order valence-corrected chi connectivity index (χ4v) is 4.27. The number of hydrogen-bond acceptors (Lipinski definition) is 4. The molecule has 1 aliphatic carbocycles. The van der Waals surface area contributed by atoms with Crippen LogP contribution in [0.1, 0.15) is 69.2 Å². The van der Waals surface area contributed by atoms with E-state index in [4.69, 9.17) is 9.73 Å². The lowest BCUT2D eigenvalue weighted by molar-refractivity contribution is 0.215. The third kappa shape index (κ3) is 5.90. The molecule has 0 spiro atoms. The molecule has 0 bridgehead atoms. The highest BCUT2D eigenvalue weighted by Crippen LogP contribution is 2.35. The summed E-state index contributed by atoms with van der Waals surface area (Å²) in [7, 11) is 1.98. The number of guanidine groups is 1. The average Bonchev–Trinajstić information content (AvgIpc) is 3.06. The lowest BCUT2D eigenvalue weighted by Crippen LogP contribution is -2.47. The molecule has 2 N–H and O–H groups in total. The van der Waals surface area contributed by atoms with E-state index in [1.807, 2.05) is 30.7 Å². The summed E-state index contributed by atoms with van der Waals surface area (Å²) in [5, 5.41) is 15.8. The Morgan fingerprint density at radius 1 is 1.16 bits per heavy atom. The zero-order valence-corrected chi connectivity index (χ0v) is 21.3. The molecule has 1 fully saturated rings. The first-order valence-electron chi connectivity index (χ1n) is 11.1. The smallest absolute Gasteiger partial charge is 0.192 e. The molecule has 2 aromatic rings. The van der Waals surface area contributed by atoms with Gasteiger partial charge >= 0.3 is 0 Å². The first-order valence-corrected chi connectivity index (χ1v) is 11.1. The average molecular weight is 538 g/mol. The monoisotopic (exact) mass is 538 g/mol. The Labute approximate surface area is 202 Å². The maximum atomic E-state index is 5.83. The Kier molecular flexibility index (Phi) is 7.82. The SMILES string of the molecule is Cc1nnc(CN=C(NC2CCC(C)(C)CC2)NC2CCOc3ccccc32)n1C.I. The third-order valence-corrected chi connectivity index (χ3v) is 6.51. The van der Waals surface area contributed by atoms with Gasteiger partial charge in [-0.2, -0.15) is 0 Å². The van der Waals surface area contributed by atoms with Gasteiger partial charge in [0.1, 0.15) is 18.1 Å². The molecule has 8 heteroatoms. The summed E-state index contributed by atoms with van der Waals surface area (Å²) >= 11 is 0. The van der Waals surface area contributed by atoms with Crippen LogP contribution in [0.3, 0.4) is 0 Å². The Hall–Kier alpha value is -1.84. The molecule has 0 saturated heterocycles. The zero-order valence-electron chi connectivity index (χ0n) is 19.0. The fraction of sp³-hybridized carbons (Fsp3) is 0.609. The van der Waals surface area contributed by atoms with E-state index in [0.29, 0.717) is 24.6 Å². The number of aliphatic imine (C=N–C) groups is 1. The minimum atomic E-state index is 0. The van der Waals surface area contributed by atoms with Crippen LogP contribution >= 0.6 is 24.0 Å². The fourth-order valence-electron chi connectivity index (χ4n) is 4.27. The zero-order chi connectivity index (χ0) is 21.1. The van der Waals surface area contributed by atoms with Crippen molar-refractivity contribution >= 4 is 29.9 Å². The molecule has 2 heterocycles. The Morgan fingerprint density at radius 3 is 2.61 bits per heavy atom. The van der Waals surface area contributed by atoms with E-state index in [1.54, 1.807) is 0 Å². The summed E-state index contributed by atoms with van der Waals surface area (Å²) in [5.41, 5.74) is 1.64. The molecule has 170 valence electrons. The molecule has 0 amide bonds. The van der Waals surface area contributed by atoms with Crippen LogP contribution in [0.25, 0.3) is 0 Å². The number of ether oxygens (including phenoxy) is 1. The number of aromatic nitrogens is 3. The molecule has 31 heavy (non-hydrogen) atoms. The van der Waals surface area contributed by atoms with Crippen molar-refractivity contribution in [3.05, 3.63) is 41.5 Å². The van der Waals surface area contributed by atoms with Crippen molar-refractivity contribution in [3.63, 3.8) is 0 Å². The Balaban J connectivity index is 0.00000272. The van der Waals surface area contributed by atoms with Gasteiger partial charge in [-0.05, 0) is 44.1 Å². The Morgan fingerprint density at radius 2 is 1.90 bits per heavy atom. The molecule has 0 radical (unpaired) electrons. The summed E-state index contributed by atoms with van der Waals surface area (Å²) < 4.78 is 7.83. The highest BCUT2D eigenvalue weighted by molar-refractivity contribution is 14.0. The van der Waals surface area contributed by atoms with Gasteiger partial charge in [-0.3, -0.25) is 0 Å². The largest absolute Gasteiger partial charge is 0.493 e. The van der Waals surface area contributed by atoms with Gasteiger partial charge in [0.2, 0.25) is 0 Å². The lowest BCUT2D eigenvalue weighted by atomic mass is 9.75. The standard InChI is InChI=1S/C23H34N6O.HI/c1-16-27-28-21(29(16)4)15-24-22(25-17-9-12-23(2,3)13-10-17)26-19-11-14-30-20-8-6-5-7-18(19)20;/h5-8,17,19H,9-15H2,1-4H3,(H2,24,25,26);1H. The topological polar surface area (TPSA) is 76.4 Å². The molecule has 1 atom stereocenters. The molecule has 1 unspecified atom stereocenters. The van der Waals surface area contributed by atoms with Crippen LogP contribution in [0, 0.1) is 12.3 Å². The third-order valence-electron chi connectivity index (χ3n) is 6.51. The summed E-state index contributed by atoms with van der Waals surface area (Å²) in [6.07, 6.45) is 5.72. The van der Waals surface area contributed by atoms with Crippen LogP contribution in [-0.4, -0.2) is 33.4 Å². The molecular weight excluding hydrogens is 503 g/mol. The number of rotatable bonds is 4. The van der Waals surface area contributed by atoms with Crippen LogP contribution in [-0.2, 0) is 13.6 Å². The van der Waals surface area contributed by atoms with Crippen molar-refractivity contribution < 1.29 is 4.74 Å². The molecular formula is C23H35IN6O. The normalized spacial score (nSPS) is 20.9. The minimum Gasteiger partial charge on any atom is -0.493 e. The number of aryl methyl sites for hydroxylation is 1. The quantitative estimate of drug-likeness (QED) is 0.346. The van der Waals surface area contributed by atoms with E-state index in [1.165, 1.54) is 31.2 Å². The molecule has 7 nitrogen and oxygen atoms in total. The van der Waals surface area contributed by atoms with Gasteiger partial charge in [0.05, 0.1) is 12.6 Å². The van der Waals surface area contributed by atoms with Crippen molar-refractivity contribution in [1.29, 1.82) is 0 Å². The first kappa shape index (κ1) is 23.8. The number of benzene rings is 1. The summed E-state index contributed by atoms with van der Waals surface area (Å²) in [4.78, 5) is 4.90. The highest BCUT2D eigenvalue weighted by atomic mass is 127. The van der Waals surface area contributed by atoms with E-state index in [0.717, 1.165) is 29.8 Å². The summed E-state index contributed by atoms with van der Waals surface area (Å²) in [5.74, 6) is 3.58. The molecule has 1 aromatic heterocycles. The number of hydrogen-bond donors (Lipinski definition) is 2. The number of halogens is 1. The Bertz CT molecular complexity index is 899. The van der Waals surface area contributed by atoms with Gasteiger partial charge in [-0.25, -0.2) is 4.99 Å². The number of fused-ring (bicyclic) bond motifs is 1. The van der Waals surface area contributed by atoms with Crippen LogP contribution in [0.15, 0.2) is 29.3 Å². The van der Waals surface area contributed by atoms with Gasteiger partial charge in [-0.15, -0.1) is 34.2 Å². The summed E-state index contributed by atoms with van der Waals surface area (Å²) in [6.45, 7) is 7.90. The van der Waals surface area contributed by atoms with Crippen molar-refractivity contribution in [3.8, 4) is 5.75 Å². The predicted octanol–water partition coefficient (Wildman–Crippen LogP) is 4.27. The van der Waals surface area contributed by atoms with Gasteiger partial charge in [0, 0.05) is 25.1 Å². The highest BCUT2D eigenvalue weighted by Gasteiger charge is 2.28. The van der Waals surface area contributed by atoms with E-state index < -0.39 is 0 Å². The predicted molar refractivity (Wildman–Crippen MR) is 134 cm³/mol. The maximum Gasteiger partial charge on any atom is 0.192 e. The number of para-hydroxylation sites is 1. The number of nitrogens with one attached hydrogen (secondary N) is 2.